The van der Waals surface area contributed by atoms with Gasteiger partial charge in [-0.25, -0.2) is 9.59 Å². The van der Waals surface area contributed by atoms with Crippen molar-refractivity contribution in [1.29, 1.82) is 0 Å². The van der Waals surface area contributed by atoms with Crippen LogP contribution in [0.4, 0.5) is 0 Å². The molecular formula is C32H23Cl5N2O4. The summed E-state index contributed by atoms with van der Waals surface area (Å²) in [7, 11) is 0. The Bertz CT molecular complexity index is 1920. The zero-order valence-corrected chi connectivity index (χ0v) is 26.0. The Morgan fingerprint density at radius 3 is 1.84 bits per heavy atom. The van der Waals surface area contributed by atoms with Gasteiger partial charge >= 0.3 is 11.9 Å². The van der Waals surface area contributed by atoms with Gasteiger partial charge in [-0.2, -0.15) is 0 Å². The Morgan fingerprint density at radius 2 is 1.26 bits per heavy atom. The van der Waals surface area contributed by atoms with Crippen molar-refractivity contribution in [3.05, 3.63) is 140 Å². The second kappa shape index (κ2) is 14.7. The maximum absolute atomic E-state index is 11.3. The van der Waals surface area contributed by atoms with Crippen molar-refractivity contribution in [2.45, 2.75) is 12.4 Å². The fraction of sp³-hybridized carbons (Fsp3) is 0.0625. The fourth-order valence-corrected chi connectivity index (χ4v) is 5.50. The number of para-hydroxylation sites is 2. The van der Waals surface area contributed by atoms with Gasteiger partial charge in [0.2, 0.25) is 0 Å². The van der Waals surface area contributed by atoms with Crippen molar-refractivity contribution in [3.8, 4) is 0 Å². The molecule has 6 rings (SSSR count). The van der Waals surface area contributed by atoms with Crippen LogP contribution in [0.5, 0.6) is 0 Å². The minimum absolute atomic E-state index is 0.288. The van der Waals surface area contributed by atoms with E-state index in [2.05, 4.69) is 4.98 Å². The highest BCUT2D eigenvalue weighted by Crippen LogP contribution is 2.26. The summed E-state index contributed by atoms with van der Waals surface area (Å²) >= 11 is 29.0. The van der Waals surface area contributed by atoms with Crippen LogP contribution in [0.25, 0.3) is 21.8 Å². The van der Waals surface area contributed by atoms with E-state index in [1.54, 1.807) is 42.6 Å². The first-order valence-corrected chi connectivity index (χ1v) is 14.7. The van der Waals surface area contributed by atoms with Gasteiger partial charge in [0.15, 0.2) is 0 Å². The highest BCUT2D eigenvalue weighted by Gasteiger charge is 2.14. The number of nitrogens with one attached hydrogen (secondary N) is 1. The summed E-state index contributed by atoms with van der Waals surface area (Å²) in [5, 5.41) is 21.9. The summed E-state index contributed by atoms with van der Waals surface area (Å²) < 4.78 is 1.88. The summed E-state index contributed by atoms with van der Waals surface area (Å²) in [5.41, 5.74) is 4.13. The quantitative estimate of drug-likeness (QED) is 0.158. The first-order valence-electron chi connectivity index (χ1n) is 12.6. The van der Waals surface area contributed by atoms with E-state index in [9.17, 15) is 14.7 Å². The third-order valence-corrected chi connectivity index (χ3v) is 7.82. The van der Waals surface area contributed by atoms with E-state index in [-0.39, 0.29) is 5.56 Å². The molecule has 0 radical (unpaired) electrons. The monoisotopic (exact) mass is 674 g/mol. The standard InChI is InChI=1S/C16H11Cl2NO2.C9H7NO2.C7H5Cl3/c17-11-6-5-10(14(18)7-11)8-19-9-13(16(20)21)12-3-1-2-4-15(12)19;11-9(12)7-5-10-8-4-2-1-3-6(7)8;8-4-5-1-2-6(9)3-7(5)10/h1-7,9H,8H2,(H,20,21);1-5,10H,(H,11,12);1-3H,4H2. The molecule has 3 N–H and O–H groups in total. The highest BCUT2D eigenvalue weighted by molar-refractivity contribution is 6.36. The number of carboxylic acid groups (broad SMARTS) is 2. The van der Waals surface area contributed by atoms with Crippen LogP contribution in [0.15, 0.2) is 97.3 Å². The lowest BCUT2D eigenvalue weighted by Crippen LogP contribution is -1.99. The van der Waals surface area contributed by atoms with Gasteiger partial charge in [-0.3, -0.25) is 0 Å². The number of halogens is 5. The molecule has 0 aliphatic rings. The lowest BCUT2D eigenvalue weighted by atomic mass is 10.2. The maximum Gasteiger partial charge on any atom is 0.337 e. The summed E-state index contributed by atoms with van der Waals surface area (Å²) in [4.78, 5) is 24.9. The van der Waals surface area contributed by atoms with Gasteiger partial charge < -0.3 is 19.8 Å². The van der Waals surface area contributed by atoms with Crippen LogP contribution < -0.4 is 0 Å². The summed E-state index contributed by atoms with van der Waals surface area (Å²) in [5.74, 6) is -1.41. The molecule has 11 heteroatoms. The molecule has 0 aliphatic carbocycles. The van der Waals surface area contributed by atoms with Crippen LogP contribution in [-0.4, -0.2) is 31.7 Å². The molecule has 0 spiro atoms. The number of carboxylic acids is 2. The van der Waals surface area contributed by atoms with E-state index >= 15 is 0 Å². The predicted octanol–water partition coefficient (Wildman–Crippen LogP) is 10.3. The zero-order chi connectivity index (χ0) is 31.1. The summed E-state index contributed by atoms with van der Waals surface area (Å²) in [6.45, 7) is 0.490. The number of rotatable bonds is 5. The van der Waals surface area contributed by atoms with Crippen molar-refractivity contribution in [2.75, 3.05) is 0 Å². The molecule has 220 valence electrons. The van der Waals surface area contributed by atoms with Crippen LogP contribution in [0.2, 0.25) is 20.1 Å². The number of hydrogen-bond acceptors (Lipinski definition) is 2. The van der Waals surface area contributed by atoms with Crippen LogP contribution in [-0.2, 0) is 12.4 Å². The van der Waals surface area contributed by atoms with Crippen molar-refractivity contribution >= 4 is 91.7 Å². The van der Waals surface area contributed by atoms with Crippen molar-refractivity contribution in [1.82, 2.24) is 9.55 Å². The molecule has 0 bridgehead atoms. The molecule has 0 aliphatic heterocycles. The Labute approximate surface area is 271 Å². The maximum atomic E-state index is 11.3. The topological polar surface area (TPSA) is 95.3 Å². The zero-order valence-electron chi connectivity index (χ0n) is 22.2. The van der Waals surface area contributed by atoms with Gasteiger partial charge in [0, 0.05) is 66.7 Å². The lowest BCUT2D eigenvalue weighted by molar-refractivity contribution is 0.0688. The number of aromatic carboxylic acids is 2. The number of aromatic nitrogens is 2. The van der Waals surface area contributed by atoms with Gasteiger partial charge in [0.1, 0.15) is 0 Å². The fourth-order valence-electron chi connectivity index (χ4n) is 4.26. The van der Waals surface area contributed by atoms with E-state index in [0.29, 0.717) is 38.1 Å². The van der Waals surface area contributed by atoms with Gasteiger partial charge in [0.05, 0.1) is 11.1 Å². The van der Waals surface area contributed by atoms with Crippen molar-refractivity contribution < 1.29 is 19.8 Å². The Hall–Kier alpha value is -3.65. The number of hydrogen-bond donors (Lipinski definition) is 3. The first-order chi connectivity index (χ1) is 20.6. The molecular weight excluding hydrogens is 654 g/mol. The second-order valence-electron chi connectivity index (χ2n) is 9.15. The minimum atomic E-state index is -0.938. The molecule has 6 nitrogen and oxygen atoms in total. The Balaban J connectivity index is 0.000000163. The highest BCUT2D eigenvalue weighted by atomic mass is 35.5. The predicted molar refractivity (Wildman–Crippen MR) is 176 cm³/mol. The van der Waals surface area contributed by atoms with Crippen molar-refractivity contribution in [2.24, 2.45) is 0 Å². The molecule has 0 saturated heterocycles. The van der Waals surface area contributed by atoms with Crippen LogP contribution >= 0.6 is 58.0 Å². The molecule has 2 heterocycles. The van der Waals surface area contributed by atoms with E-state index < -0.39 is 11.9 Å². The summed E-state index contributed by atoms with van der Waals surface area (Å²) in [6, 6.07) is 25.3. The number of benzene rings is 4. The first kappa shape index (κ1) is 32.3. The van der Waals surface area contributed by atoms with E-state index in [1.165, 1.54) is 6.20 Å². The Kier molecular flexibility index (Phi) is 11.0. The number of alkyl halides is 1. The minimum Gasteiger partial charge on any atom is -0.478 e. The third kappa shape index (κ3) is 8.05. The molecule has 0 saturated carbocycles. The van der Waals surface area contributed by atoms with Crippen LogP contribution in [0.1, 0.15) is 31.8 Å². The average Bonchev–Trinajstić information content (AvgIpc) is 3.58. The van der Waals surface area contributed by atoms with Crippen LogP contribution in [0, 0.1) is 0 Å². The summed E-state index contributed by atoms with van der Waals surface area (Å²) in [6.07, 6.45) is 3.14. The second-order valence-corrected chi connectivity index (χ2v) is 11.1. The lowest BCUT2D eigenvalue weighted by Gasteiger charge is -2.07. The number of aromatic amines is 1. The number of fused-ring (bicyclic) bond motifs is 2. The Morgan fingerprint density at radius 1 is 0.698 bits per heavy atom. The number of carbonyl (C=O) groups is 2. The van der Waals surface area contributed by atoms with Crippen molar-refractivity contribution in [3.63, 3.8) is 0 Å². The van der Waals surface area contributed by atoms with E-state index in [4.69, 9.17) is 63.1 Å². The molecule has 0 unspecified atom stereocenters. The number of H-pyrrole nitrogens is 1. The molecule has 6 aromatic rings. The van der Waals surface area contributed by atoms with Gasteiger partial charge in [-0.05, 0) is 47.5 Å². The molecule has 2 aromatic heterocycles. The smallest absolute Gasteiger partial charge is 0.337 e. The SMILES string of the molecule is ClCc1ccc(Cl)cc1Cl.O=C(O)c1c[nH]c2ccccc12.O=C(O)c1cn(Cc2ccc(Cl)cc2Cl)c2ccccc12. The molecule has 0 fully saturated rings. The molecule has 4 aromatic carbocycles. The van der Waals surface area contributed by atoms with Gasteiger partial charge in [-0.15, -0.1) is 11.6 Å². The van der Waals surface area contributed by atoms with E-state index in [1.807, 2.05) is 53.1 Å². The molecule has 43 heavy (non-hydrogen) atoms. The normalized spacial score (nSPS) is 10.5. The average molecular weight is 677 g/mol. The number of nitrogens with zero attached hydrogens (tertiary/aromatic N) is 1. The molecule has 0 atom stereocenters. The van der Waals surface area contributed by atoms with Crippen LogP contribution in [0.3, 0.4) is 0 Å². The molecule has 0 amide bonds. The van der Waals surface area contributed by atoms with E-state index in [0.717, 1.165) is 32.9 Å². The van der Waals surface area contributed by atoms with Gasteiger partial charge in [-0.1, -0.05) is 94.9 Å². The third-order valence-electron chi connectivity index (χ3n) is 6.35. The largest absolute Gasteiger partial charge is 0.478 e. The van der Waals surface area contributed by atoms with Gasteiger partial charge in [0.25, 0.3) is 0 Å².